The van der Waals surface area contributed by atoms with Gasteiger partial charge in [-0.25, -0.2) is 18.5 Å². The number of nitrogens with two attached hydrogens (primary N) is 1. The smallest absolute Gasteiger partial charge is 0.238 e. The van der Waals surface area contributed by atoms with Crippen molar-refractivity contribution in [1.29, 1.82) is 0 Å². The zero-order valence-corrected chi connectivity index (χ0v) is 16.2. The summed E-state index contributed by atoms with van der Waals surface area (Å²) in [4.78, 5) is 8.80. The molecule has 0 saturated heterocycles. The third-order valence-electron chi connectivity index (χ3n) is 4.99. The van der Waals surface area contributed by atoms with Crippen LogP contribution in [0.3, 0.4) is 0 Å². The van der Waals surface area contributed by atoms with Crippen LogP contribution in [0.2, 0.25) is 0 Å². The summed E-state index contributed by atoms with van der Waals surface area (Å²) in [5, 5.41) is 8.30. The van der Waals surface area contributed by atoms with Gasteiger partial charge in [0, 0.05) is 24.1 Å². The molecule has 0 amide bonds. The summed E-state index contributed by atoms with van der Waals surface area (Å²) < 4.78 is 30.7. The largest absolute Gasteiger partial charge is 0.478 e. The molecular weight excluding hydrogens is 378 g/mol. The van der Waals surface area contributed by atoms with Crippen molar-refractivity contribution in [2.24, 2.45) is 11.1 Å². The molecule has 148 valence electrons. The third-order valence-corrected chi connectivity index (χ3v) is 5.92. The van der Waals surface area contributed by atoms with Crippen molar-refractivity contribution in [2.75, 3.05) is 11.9 Å². The molecule has 0 bridgehead atoms. The fourth-order valence-electron chi connectivity index (χ4n) is 3.48. The fraction of sp³-hybridized carbons (Fsp3) is 0.368. The van der Waals surface area contributed by atoms with E-state index in [1.807, 2.05) is 16.7 Å². The average molecular weight is 401 g/mol. The van der Waals surface area contributed by atoms with Gasteiger partial charge in [-0.05, 0) is 43.0 Å². The van der Waals surface area contributed by atoms with Gasteiger partial charge < -0.3 is 10.1 Å². The summed E-state index contributed by atoms with van der Waals surface area (Å²) in [6.07, 6.45) is 9.78. The molecule has 1 aromatic carbocycles. The standard InChI is InChI=1S/C19H23N5O3S/c20-28(25,26)16-8-6-15(7-9-16)22-17-12-18(24-11-10-21-19(24)23-17)27-13-14-4-2-1-3-5-14/h6-12,14H,1-5,13H2,(H2,20,25,26)(H,21,22,23). The van der Waals surface area contributed by atoms with Crippen molar-refractivity contribution in [2.45, 2.75) is 37.0 Å². The zero-order chi connectivity index (χ0) is 19.6. The average Bonchev–Trinajstić information content (AvgIpc) is 3.15. The van der Waals surface area contributed by atoms with Gasteiger partial charge in [-0.1, -0.05) is 19.3 Å². The van der Waals surface area contributed by atoms with Gasteiger partial charge >= 0.3 is 0 Å². The van der Waals surface area contributed by atoms with E-state index in [9.17, 15) is 8.42 Å². The molecule has 2 aromatic heterocycles. The number of aromatic nitrogens is 3. The minimum absolute atomic E-state index is 0.0613. The quantitative estimate of drug-likeness (QED) is 0.656. The Morgan fingerprint density at radius 1 is 1.18 bits per heavy atom. The lowest BCUT2D eigenvalue weighted by molar-refractivity contribution is 0.201. The second kappa shape index (κ2) is 7.76. The monoisotopic (exact) mass is 401 g/mol. The van der Waals surface area contributed by atoms with Gasteiger partial charge in [0.25, 0.3) is 0 Å². The number of nitrogens with zero attached hydrogens (tertiary/aromatic N) is 3. The first-order valence-corrected chi connectivity index (χ1v) is 10.9. The fourth-order valence-corrected chi connectivity index (χ4v) is 4.00. The van der Waals surface area contributed by atoms with E-state index >= 15 is 0 Å². The Labute approximate surface area is 163 Å². The number of ether oxygens (including phenoxy) is 1. The van der Waals surface area contributed by atoms with E-state index in [4.69, 9.17) is 9.88 Å². The molecule has 1 fully saturated rings. The van der Waals surface area contributed by atoms with Crippen molar-refractivity contribution < 1.29 is 13.2 Å². The van der Waals surface area contributed by atoms with Gasteiger partial charge in [0.2, 0.25) is 21.7 Å². The number of primary sulfonamides is 1. The van der Waals surface area contributed by atoms with Crippen molar-refractivity contribution in [3.63, 3.8) is 0 Å². The number of fused-ring (bicyclic) bond motifs is 1. The second-order valence-electron chi connectivity index (χ2n) is 7.09. The van der Waals surface area contributed by atoms with Gasteiger partial charge in [0.15, 0.2) is 0 Å². The van der Waals surface area contributed by atoms with Crippen LogP contribution in [-0.4, -0.2) is 29.4 Å². The van der Waals surface area contributed by atoms with Gasteiger partial charge in [0.1, 0.15) is 5.82 Å². The number of anilines is 2. The Morgan fingerprint density at radius 3 is 2.64 bits per heavy atom. The van der Waals surface area contributed by atoms with E-state index in [1.165, 1.54) is 44.2 Å². The predicted molar refractivity (Wildman–Crippen MR) is 106 cm³/mol. The molecule has 8 nitrogen and oxygen atoms in total. The van der Waals surface area contributed by atoms with E-state index in [0.29, 0.717) is 35.7 Å². The molecule has 2 heterocycles. The number of nitrogens with one attached hydrogen (secondary N) is 1. The number of hydrogen-bond donors (Lipinski definition) is 2. The van der Waals surface area contributed by atoms with Crippen LogP contribution in [0.4, 0.5) is 11.5 Å². The van der Waals surface area contributed by atoms with Gasteiger partial charge in [-0.15, -0.1) is 0 Å². The van der Waals surface area contributed by atoms with E-state index in [-0.39, 0.29) is 4.90 Å². The van der Waals surface area contributed by atoms with Crippen molar-refractivity contribution in [3.05, 3.63) is 42.7 Å². The summed E-state index contributed by atoms with van der Waals surface area (Å²) in [7, 11) is -3.72. The van der Waals surface area contributed by atoms with Crippen molar-refractivity contribution >= 4 is 27.3 Å². The molecule has 1 aliphatic rings. The molecule has 3 N–H and O–H groups in total. The maximum atomic E-state index is 11.4. The number of imidazole rings is 1. The lowest BCUT2D eigenvalue weighted by Crippen LogP contribution is -2.16. The minimum atomic E-state index is -3.72. The summed E-state index contributed by atoms with van der Waals surface area (Å²) in [5.41, 5.74) is 0.689. The maximum Gasteiger partial charge on any atom is 0.238 e. The van der Waals surface area contributed by atoms with Crippen molar-refractivity contribution in [3.8, 4) is 5.88 Å². The van der Waals surface area contributed by atoms with Crippen LogP contribution in [0, 0.1) is 5.92 Å². The molecular formula is C19H23N5O3S. The molecule has 0 radical (unpaired) electrons. The summed E-state index contributed by atoms with van der Waals surface area (Å²) >= 11 is 0. The summed E-state index contributed by atoms with van der Waals surface area (Å²) in [5.74, 6) is 2.37. The highest BCUT2D eigenvalue weighted by Crippen LogP contribution is 2.26. The summed E-state index contributed by atoms with van der Waals surface area (Å²) in [6, 6.07) is 8.00. The molecule has 0 aliphatic heterocycles. The predicted octanol–water partition coefficient (Wildman–Crippen LogP) is 3.08. The number of sulfonamides is 1. The van der Waals surface area contributed by atoms with Crippen LogP contribution < -0.4 is 15.2 Å². The first-order valence-electron chi connectivity index (χ1n) is 9.36. The lowest BCUT2D eigenvalue weighted by Gasteiger charge is -2.22. The molecule has 0 spiro atoms. The zero-order valence-electron chi connectivity index (χ0n) is 15.4. The van der Waals surface area contributed by atoms with E-state index < -0.39 is 10.0 Å². The molecule has 1 aliphatic carbocycles. The van der Waals surface area contributed by atoms with E-state index in [2.05, 4.69) is 15.3 Å². The molecule has 1 saturated carbocycles. The number of rotatable bonds is 6. The first-order chi connectivity index (χ1) is 13.5. The Bertz CT molecular complexity index is 1060. The van der Waals surface area contributed by atoms with Crippen LogP contribution >= 0.6 is 0 Å². The van der Waals surface area contributed by atoms with Gasteiger partial charge in [-0.3, -0.25) is 4.40 Å². The summed E-state index contributed by atoms with van der Waals surface area (Å²) in [6.45, 7) is 0.680. The van der Waals surface area contributed by atoms with Crippen LogP contribution in [0.25, 0.3) is 5.78 Å². The second-order valence-corrected chi connectivity index (χ2v) is 8.65. The van der Waals surface area contributed by atoms with Crippen molar-refractivity contribution in [1.82, 2.24) is 14.4 Å². The van der Waals surface area contributed by atoms with Crippen LogP contribution in [-0.2, 0) is 10.0 Å². The molecule has 9 heteroatoms. The maximum absolute atomic E-state index is 11.4. The molecule has 3 aromatic rings. The topological polar surface area (TPSA) is 112 Å². The Hall–Kier alpha value is -2.65. The Kier molecular flexibility index (Phi) is 5.19. The highest BCUT2D eigenvalue weighted by atomic mass is 32.2. The molecule has 4 rings (SSSR count). The highest BCUT2D eigenvalue weighted by molar-refractivity contribution is 7.89. The van der Waals surface area contributed by atoms with Crippen LogP contribution in [0.5, 0.6) is 5.88 Å². The van der Waals surface area contributed by atoms with Crippen LogP contribution in [0.15, 0.2) is 47.6 Å². The van der Waals surface area contributed by atoms with Gasteiger partial charge in [0.05, 0.1) is 11.5 Å². The normalized spacial score (nSPS) is 15.6. The Balaban J connectivity index is 1.54. The minimum Gasteiger partial charge on any atom is -0.478 e. The number of benzene rings is 1. The number of hydrogen-bond acceptors (Lipinski definition) is 6. The first kappa shape index (κ1) is 18.7. The highest BCUT2D eigenvalue weighted by Gasteiger charge is 2.16. The molecule has 0 atom stereocenters. The molecule has 28 heavy (non-hydrogen) atoms. The van der Waals surface area contributed by atoms with Gasteiger partial charge in [-0.2, -0.15) is 4.98 Å². The third kappa shape index (κ3) is 4.26. The molecule has 0 unspecified atom stereocenters. The Morgan fingerprint density at radius 2 is 1.93 bits per heavy atom. The lowest BCUT2D eigenvalue weighted by atomic mass is 9.90. The van der Waals surface area contributed by atoms with E-state index in [0.717, 1.165) is 0 Å². The SMILES string of the molecule is NS(=O)(=O)c1ccc(Nc2cc(OCC3CCCCC3)n3ccnc3n2)cc1. The van der Waals surface area contributed by atoms with Crippen LogP contribution in [0.1, 0.15) is 32.1 Å². The van der Waals surface area contributed by atoms with E-state index in [1.54, 1.807) is 18.3 Å².